The molecule has 2 rings (SSSR count). The summed E-state index contributed by atoms with van der Waals surface area (Å²) in [5.74, 6) is 0.854. The van der Waals surface area contributed by atoms with Crippen molar-refractivity contribution in [1.29, 1.82) is 0 Å². The van der Waals surface area contributed by atoms with Crippen molar-refractivity contribution in [1.82, 2.24) is 0 Å². The van der Waals surface area contributed by atoms with E-state index in [9.17, 15) is 0 Å². The maximum Gasteiger partial charge on any atom is 0.118 e. The topological polar surface area (TPSA) is 51.2 Å². The van der Waals surface area contributed by atoms with Crippen LogP contribution in [0.2, 0.25) is 0 Å². The molecule has 122 valence electrons. The fourth-order valence-corrected chi connectivity index (χ4v) is 2.49. The van der Waals surface area contributed by atoms with Gasteiger partial charge in [-0.3, -0.25) is 0 Å². The van der Waals surface area contributed by atoms with Crippen LogP contribution in [0.1, 0.15) is 32.3 Å². The van der Waals surface area contributed by atoms with Gasteiger partial charge in [-0.2, -0.15) is 0 Å². The molecule has 1 saturated heterocycles. The van der Waals surface area contributed by atoms with Crippen molar-refractivity contribution in [2.24, 2.45) is 0 Å². The van der Waals surface area contributed by atoms with Crippen LogP contribution in [-0.2, 0) is 16.1 Å². The molecule has 0 aromatic heterocycles. The largest absolute Gasteiger partial charge is 0.497 e. The van der Waals surface area contributed by atoms with E-state index >= 15 is 0 Å². The third-order valence-corrected chi connectivity index (χ3v) is 4.09. The van der Waals surface area contributed by atoms with E-state index in [1.54, 1.807) is 7.11 Å². The standard InChI is InChI=1S/C18H26O4/c1-14(10-11-19)4-9-17-18(2,22-17)13-21-12-15-5-7-16(20-3)8-6-15/h5-8,10,17,19H,4,9,11-13H2,1-3H3/b14-10+/t17-,18-/m0/s1. The van der Waals surface area contributed by atoms with E-state index in [4.69, 9.17) is 19.3 Å². The van der Waals surface area contributed by atoms with Gasteiger partial charge in [0.05, 0.1) is 33.0 Å². The van der Waals surface area contributed by atoms with Crippen LogP contribution in [0.5, 0.6) is 5.75 Å². The van der Waals surface area contributed by atoms with E-state index in [-0.39, 0.29) is 18.3 Å². The molecule has 1 aromatic carbocycles. The molecule has 0 amide bonds. The third kappa shape index (κ3) is 4.83. The molecule has 2 atom stereocenters. The van der Waals surface area contributed by atoms with E-state index in [2.05, 4.69) is 6.92 Å². The minimum absolute atomic E-state index is 0.111. The molecule has 0 radical (unpaired) electrons. The second-order valence-corrected chi connectivity index (χ2v) is 6.03. The monoisotopic (exact) mass is 306 g/mol. The molecule has 1 N–H and O–H groups in total. The summed E-state index contributed by atoms with van der Waals surface area (Å²) in [6.07, 6.45) is 4.04. The Morgan fingerprint density at radius 2 is 2.09 bits per heavy atom. The van der Waals surface area contributed by atoms with Crippen molar-refractivity contribution in [3.8, 4) is 5.75 Å². The fraction of sp³-hybridized carbons (Fsp3) is 0.556. The molecule has 1 fully saturated rings. The minimum atomic E-state index is -0.161. The first kappa shape index (κ1) is 17.0. The maximum absolute atomic E-state index is 8.84. The average molecular weight is 306 g/mol. The molecule has 0 unspecified atom stereocenters. The summed E-state index contributed by atoms with van der Waals surface area (Å²) < 4.78 is 16.7. The van der Waals surface area contributed by atoms with E-state index in [0.29, 0.717) is 13.2 Å². The van der Waals surface area contributed by atoms with Crippen LogP contribution >= 0.6 is 0 Å². The average Bonchev–Trinajstić information content (AvgIpc) is 3.17. The Morgan fingerprint density at radius 3 is 2.73 bits per heavy atom. The van der Waals surface area contributed by atoms with Crippen molar-refractivity contribution in [2.45, 2.75) is 45.0 Å². The van der Waals surface area contributed by atoms with Crippen molar-refractivity contribution in [3.63, 3.8) is 0 Å². The Morgan fingerprint density at radius 1 is 1.36 bits per heavy atom. The highest BCUT2D eigenvalue weighted by atomic mass is 16.6. The Bertz CT molecular complexity index is 494. The summed E-state index contributed by atoms with van der Waals surface area (Å²) in [7, 11) is 1.66. The van der Waals surface area contributed by atoms with Gasteiger partial charge in [0, 0.05) is 0 Å². The summed E-state index contributed by atoms with van der Waals surface area (Å²) in [5, 5.41) is 8.84. The van der Waals surface area contributed by atoms with Gasteiger partial charge >= 0.3 is 0 Å². The molecular formula is C18H26O4. The first-order chi connectivity index (χ1) is 10.6. The molecule has 1 heterocycles. The van der Waals surface area contributed by atoms with Crippen LogP contribution in [0.15, 0.2) is 35.9 Å². The van der Waals surface area contributed by atoms with E-state index in [1.165, 1.54) is 5.57 Å². The zero-order chi connectivity index (χ0) is 16.0. The van der Waals surface area contributed by atoms with Crippen molar-refractivity contribution in [2.75, 3.05) is 20.3 Å². The number of hydrogen-bond acceptors (Lipinski definition) is 4. The minimum Gasteiger partial charge on any atom is -0.497 e. The quantitative estimate of drug-likeness (QED) is 0.562. The van der Waals surface area contributed by atoms with Crippen LogP contribution in [0.3, 0.4) is 0 Å². The first-order valence-corrected chi connectivity index (χ1v) is 7.72. The number of epoxide rings is 1. The van der Waals surface area contributed by atoms with Crippen molar-refractivity contribution in [3.05, 3.63) is 41.5 Å². The third-order valence-electron chi connectivity index (χ3n) is 4.09. The highest BCUT2D eigenvalue weighted by Crippen LogP contribution is 2.40. The first-order valence-electron chi connectivity index (χ1n) is 7.72. The molecular weight excluding hydrogens is 280 g/mol. The van der Waals surface area contributed by atoms with Gasteiger partial charge in [0.2, 0.25) is 0 Å². The van der Waals surface area contributed by atoms with Gasteiger partial charge in [-0.1, -0.05) is 23.8 Å². The highest BCUT2D eigenvalue weighted by Gasteiger charge is 2.51. The van der Waals surface area contributed by atoms with Crippen molar-refractivity contribution >= 4 is 0 Å². The molecule has 0 spiro atoms. The van der Waals surface area contributed by atoms with Gasteiger partial charge < -0.3 is 19.3 Å². The number of ether oxygens (including phenoxy) is 3. The Kier molecular flexibility index (Phi) is 6.00. The van der Waals surface area contributed by atoms with Gasteiger partial charge in [0.25, 0.3) is 0 Å². The van der Waals surface area contributed by atoms with E-state index < -0.39 is 0 Å². The molecule has 1 aromatic rings. The Labute approximate surface area is 132 Å². The molecule has 22 heavy (non-hydrogen) atoms. The lowest BCUT2D eigenvalue weighted by atomic mass is 10.0. The smallest absolute Gasteiger partial charge is 0.118 e. The fourth-order valence-electron chi connectivity index (χ4n) is 2.49. The number of rotatable bonds is 9. The lowest BCUT2D eigenvalue weighted by Crippen LogP contribution is -2.18. The summed E-state index contributed by atoms with van der Waals surface area (Å²) in [5.41, 5.74) is 2.18. The zero-order valence-electron chi connectivity index (χ0n) is 13.7. The number of allylic oxidation sites excluding steroid dienone is 1. The Hall–Kier alpha value is -1.36. The lowest BCUT2D eigenvalue weighted by Gasteiger charge is -2.09. The number of methoxy groups -OCH3 is 1. The highest BCUT2D eigenvalue weighted by molar-refractivity contribution is 5.26. The summed E-state index contributed by atoms with van der Waals surface area (Å²) in [6.45, 7) is 5.43. The lowest BCUT2D eigenvalue weighted by molar-refractivity contribution is 0.0742. The van der Waals surface area contributed by atoms with Gasteiger partial charge in [-0.25, -0.2) is 0 Å². The van der Waals surface area contributed by atoms with Crippen LogP contribution in [0.25, 0.3) is 0 Å². The second kappa shape index (κ2) is 7.77. The number of benzene rings is 1. The second-order valence-electron chi connectivity index (χ2n) is 6.03. The SMILES string of the molecule is COc1ccc(COC[C@]2(C)O[C@H]2CC/C(C)=C/CO)cc1. The Balaban J connectivity index is 1.67. The summed E-state index contributed by atoms with van der Waals surface area (Å²) in [4.78, 5) is 0. The van der Waals surface area contributed by atoms with Crippen LogP contribution < -0.4 is 4.74 Å². The molecule has 4 heteroatoms. The normalized spacial score (nSPS) is 24.4. The van der Waals surface area contributed by atoms with Crippen LogP contribution in [-0.4, -0.2) is 37.1 Å². The molecule has 1 aliphatic rings. The van der Waals surface area contributed by atoms with Crippen LogP contribution in [0.4, 0.5) is 0 Å². The van der Waals surface area contributed by atoms with E-state index in [1.807, 2.05) is 37.3 Å². The molecule has 0 bridgehead atoms. The zero-order valence-corrected chi connectivity index (χ0v) is 13.7. The predicted octanol–water partition coefficient (Wildman–Crippen LogP) is 3.09. The molecule has 0 saturated carbocycles. The number of aliphatic hydroxyl groups excluding tert-OH is 1. The number of aliphatic hydroxyl groups is 1. The van der Waals surface area contributed by atoms with Gasteiger partial charge in [0.15, 0.2) is 0 Å². The van der Waals surface area contributed by atoms with Crippen molar-refractivity contribution < 1.29 is 19.3 Å². The molecule has 1 aliphatic heterocycles. The predicted molar refractivity (Wildman–Crippen MR) is 86.0 cm³/mol. The van der Waals surface area contributed by atoms with Crippen LogP contribution in [0, 0.1) is 0 Å². The van der Waals surface area contributed by atoms with Gasteiger partial charge in [-0.05, 0) is 44.4 Å². The summed E-state index contributed by atoms with van der Waals surface area (Å²) in [6, 6.07) is 7.89. The maximum atomic E-state index is 8.84. The van der Waals surface area contributed by atoms with Gasteiger partial charge in [-0.15, -0.1) is 0 Å². The summed E-state index contributed by atoms with van der Waals surface area (Å²) >= 11 is 0. The van der Waals surface area contributed by atoms with E-state index in [0.717, 1.165) is 24.2 Å². The number of hydrogen-bond donors (Lipinski definition) is 1. The van der Waals surface area contributed by atoms with Gasteiger partial charge in [0.1, 0.15) is 11.4 Å². The molecule has 0 aliphatic carbocycles. The molecule has 4 nitrogen and oxygen atoms in total.